The van der Waals surface area contributed by atoms with Gasteiger partial charge in [-0.25, -0.2) is 0 Å². The Morgan fingerprint density at radius 3 is 2.68 bits per heavy atom. The summed E-state index contributed by atoms with van der Waals surface area (Å²) in [5.74, 6) is 0.301. The van der Waals surface area contributed by atoms with Crippen LogP contribution < -0.4 is 10.6 Å². The van der Waals surface area contributed by atoms with Crippen molar-refractivity contribution in [2.24, 2.45) is 5.92 Å². The van der Waals surface area contributed by atoms with Crippen molar-refractivity contribution in [1.29, 1.82) is 5.26 Å². The maximum atomic E-state index is 11.8. The third kappa shape index (κ3) is 4.46. The Hall–Kier alpha value is -1.73. The number of hydrogen-bond acceptors (Lipinski definition) is 3. The third-order valence-corrected chi connectivity index (χ3v) is 2.89. The van der Waals surface area contributed by atoms with Crippen molar-refractivity contribution in [2.75, 3.05) is 11.9 Å². The molecule has 0 fully saturated rings. The second-order valence-electron chi connectivity index (χ2n) is 4.78. The van der Waals surface area contributed by atoms with Gasteiger partial charge >= 0.3 is 0 Å². The number of halogens is 1. The highest BCUT2D eigenvalue weighted by Gasteiger charge is 2.15. The van der Waals surface area contributed by atoms with Gasteiger partial charge in [-0.2, -0.15) is 5.26 Å². The van der Waals surface area contributed by atoms with E-state index in [0.717, 1.165) is 0 Å². The number of carbonyl (C=O) groups is 1. The molecule has 4 nitrogen and oxygen atoms in total. The summed E-state index contributed by atoms with van der Waals surface area (Å²) in [6.07, 6.45) is 0. The minimum absolute atomic E-state index is 0.0995. The molecule has 0 bridgehead atoms. The van der Waals surface area contributed by atoms with Crippen molar-refractivity contribution < 1.29 is 4.79 Å². The monoisotopic (exact) mass is 279 g/mol. The fourth-order valence-electron chi connectivity index (χ4n) is 1.51. The van der Waals surface area contributed by atoms with E-state index in [4.69, 9.17) is 16.9 Å². The summed E-state index contributed by atoms with van der Waals surface area (Å²) >= 11 is 5.93. The molecule has 0 aliphatic carbocycles. The van der Waals surface area contributed by atoms with Gasteiger partial charge in [-0.05, 0) is 25.0 Å². The van der Waals surface area contributed by atoms with Crippen LogP contribution in [-0.4, -0.2) is 18.5 Å². The molecular formula is C14H18ClN3O. The third-order valence-electron chi connectivity index (χ3n) is 2.58. The number of anilines is 1. The van der Waals surface area contributed by atoms with Crippen LogP contribution in [0.2, 0.25) is 5.02 Å². The Morgan fingerprint density at radius 2 is 2.11 bits per heavy atom. The molecule has 1 unspecified atom stereocenters. The van der Waals surface area contributed by atoms with Crippen LogP contribution in [-0.2, 0) is 4.79 Å². The van der Waals surface area contributed by atoms with Crippen LogP contribution >= 0.6 is 11.6 Å². The Bertz CT molecular complexity index is 494. The first-order valence-electron chi connectivity index (χ1n) is 6.18. The van der Waals surface area contributed by atoms with Gasteiger partial charge in [0.1, 0.15) is 12.1 Å². The fourth-order valence-corrected chi connectivity index (χ4v) is 1.73. The molecule has 5 heteroatoms. The molecule has 0 radical (unpaired) electrons. The zero-order chi connectivity index (χ0) is 14.4. The van der Waals surface area contributed by atoms with E-state index in [0.29, 0.717) is 28.7 Å². The Morgan fingerprint density at radius 1 is 1.42 bits per heavy atom. The molecule has 0 heterocycles. The number of rotatable bonds is 5. The lowest BCUT2D eigenvalue weighted by atomic mass is 10.1. The molecule has 102 valence electrons. The van der Waals surface area contributed by atoms with Crippen molar-refractivity contribution >= 4 is 23.2 Å². The molecule has 0 spiro atoms. The van der Waals surface area contributed by atoms with Gasteiger partial charge in [0.25, 0.3) is 0 Å². The van der Waals surface area contributed by atoms with E-state index in [1.807, 2.05) is 19.9 Å². The molecule has 1 aromatic carbocycles. The van der Waals surface area contributed by atoms with Crippen LogP contribution in [0.25, 0.3) is 0 Å². The average molecular weight is 280 g/mol. The quantitative estimate of drug-likeness (QED) is 0.871. The lowest BCUT2D eigenvalue weighted by molar-refractivity contribution is -0.121. The molecule has 0 saturated carbocycles. The Kier molecular flexibility index (Phi) is 5.65. The minimum Gasteiger partial charge on any atom is -0.373 e. The molecule has 1 rings (SSSR count). The molecule has 19 heavy (non-hydrogen) atoms. The van der Waals surface area contributed by atoms with Crippen molar-refractivity contribution in [3.05, 3.63) is 28.8 Å². The highest BCUT2D eigenvalue weighted by atomic mass is 35.5. The van der Waals surface area contributed by atoms with Crippen molar-refractivity contribution in [3.8, 4) is 6.07 Å². The van der Waals surface area contributed by atoms with Gasteiger partial charge in [0, 0.05) is 6.54 Å². The SMILES string of the molecule is CC(C)CNC(=O)C(C)Nc1cccc(Cl)c1C#N. The van der Waals surface area contributed by atoms with Crippen LogP contribution in [0.15, 0.2) is 18.2 Å². The molecule has 2 N–H and O–H groups in total. The summed E-state index contributed by atoms with van der Waals surface area (Å²) in [7, 11) is 0. The number of amides is 1. The summed E-state index contributed by atoms with van der Waals surface area (Å²) in [6, 6.07) is 6.73. The number of nitriles is 1. The minimum atomic E-state index is -0.427. The zero-order valence-electron chi connectivity index (χ0n) is 11.3. The van der Waals surface area contributed by atoms with Crippen LogP contribution in [0, 0.1) is 17.2 Å². The Labute approximate surface area is 118 Å². The summed E-state index contributed by atoms with van der Waals surface area (Å²) in [4.78, 5) is 11.8. The lowest BCUT2D eigenvalue weighted by Crippen LogP contribution is -2.39. The van der Waals surface area contributed by atoms with E-state index >= 15 is 0 Å². The molecule has 1 amide bonds. The van der Waals surface area contributed by atoms with E-state index in [9.17, 15) is 4.79 Å². The first kappa shape index (κ1) is 15.3. The van der Waals surface area contributed by atoms with Gasteiger partial charge in [0.05, 0.1) is 16.3 Å². The molecular weight excluding hydrogens is 262 g/mol. The molecule has 1 atom stereocenters. The molecule has 0 aliphatic heterocycles. The standard InChI is InChI=1S/C14H18ClN3O/c1-9(2)8-17-14(19)10(3)18-13-6-4-5-12(15)11(13)7-16/h4-6,9-10,18H,8H2,1-3H3,(H,17,19). The van der Waals surface area contributed by atoms with E-state index in [-0.39, 0.29) is 5.91 Å². The highest BCUT2D eigenvalue weighted by Crippen LogP contribution is 2.23. The summed E-state index contributed by atoms with van der Waals surface area (Å²) in [5.41, 5.74) is 0.926. The maximum Gasteiger partial charge on any atom is 0.242 e. The predicted octanol–water partition coefficient (Wildman–Crippen LogP) is 2.78. The number of benzene rings is 1. The zero-order valence-corrected chi connectivity index (χ0v) is 12.1. The van der Waals surface area contributed by atoms with Gasteiger partial charge in [-0.3, -0.25) is 4.79 Å². The first-order chi connectivity index (χ1) is 8.95. The van der Waals surface area contributed by atoms with Crippen LogP contribution in [0.4, 0.5) is 5.69 Å². The first-order valence-corrected chi connectivity index (χ1v) is 6.56. The molecule has 1 aromatic rings. The predicted molar refractivity (Wildman–Crippen MR) is 77.1 cm³/mol. The second kappa shape index (κ2) is 7.01. The molecule has 0 aromatic heterocycles. The van der Waals surface area contributed by atoms with Gasteiger partial charge in [-0.15, -0.1) is 0 Å². The normalized spacial score (nSPS) is 11.8. The van der Waals surface area contributed by atoms with E-state index < -0.39 is 6.04 Å². The van der Waals surface area contributed by atoms with Gasteiger partial charge in [0.2, 0.25) is 5.91 Å². The van der Waals surface area contributed by atoms with E-state index in [2.05, 4.69) is 10.6 Å². The number of carbonyl (C=O) groups excluding carboxylic acids is 1. The summed E-state index contributed by atoms with van der Waals surface area (Å²) < 4.78 is 0. The van der Waals surface area contributed by atoms with E-state index in [1.54, 1.807) is 25.1 Å². The molecule has 0 aliphatic rings. The molecule has 0 saturated heterocycles. The van der Waals surface area contributed by atoms with Gasteiger partial charge in [0.15, 0.2) is 0 Å². The Balaban J connectivity index is 2.72. The highest BCUT2D eigenvalue weighted by molar-refractivity contribution is 6.32. The average Bonchev–Trinajstić information content (AvgIpc) is 2.36. The lowest BCUT2D eigenvalue weighted by Gasteiger charge is -2.17. The number of hydrogen-bond donors (Lipinski definition) is 2. The number of nitrogens with one attached hydrogen (secondary N) is 2. The van der Waals surface area contributed by atoms with Crippen LogP contribution in [0.5, 0.6) is 0 Å². The fraction of sp³-hybridized carbons (Fsp3) is 0.429. The van der Waals surface area contributed by atoms with Crippen LogP contribution in [0.1, 0.15) is 26.3 Å². The van der Waals surface area contributed by atoms with Gasteiger partial charge in [-0.1, -0.05) is 31.5 Å². The number of nitrogens with zero attached hydrogens (tertiary/aromatic N) is 1. The maximum absolute atomic E-state index is 11.8. The van der Waals surface area contributed by atoms with Gasteiger partial charge < -0.3 is 10.6 Å². The van der Waals surface area contributed by atoms with Crippen LogP contribution in [0.3, 0.4) is 0 Å². The van der Waals surface area contributed by atoms with Crippen molar-refractivity contribution in [2.45, 2.75) is 26.8 Å². The summed E-state index contributed by atoms with van der Waals surface area (Å²) in [5, 5.41) is 15.3. The smallest absolute Gasteiger partial charge is 0.242 e. The summed E-state index contributed by atoms with van der Waals surface area (Å²) in [6.45, 7) is 6.44. The van der Waals surface area contributed by atoms with E-state index in [1.165, 1.54) is 0 Å². The van der Waals surface area contributed by atoms with Crippen molar-refractivity contribution in [1.82, 2.24) is 5.32 Å². The van der Waals surface area contributed by atoms with Crippen molar-refractivity contribution in [3.63, 3.8) is 0 Å². The topological polar surface area (TPSA) is 64.9 Å². The largest absolute Gasteiger partial charge is 0.373 e. The second-order valence-corrected chi connectivity index (χ2v) is 5.19.